The average molecular weight is 373 g/mol. The van der Waals surface area contributed by atoms with Gasteiger partial charge in [-0.3, -0.25) is 4.79 Å². The third kappa shape index (κ3) is 4.68. The lowest BCUT2D eigenvalue weighted by atomic mass is 10.3. The van der Waals surface area contributed by atoms with Crippen molar-refractivity contribution in [1.82, 2.24) is 4.72 Å². The standard InChI is InChI=1S/C15H14Cl2N2O3S/c1-10(15(20)18-11-5-3-2-4-6-11)19-23(21,22)12-7-8-13(16)14(17)9-12/h2-10,19H,1H3,(H,18,20). The minimum absolute atomic E-state index is 0.0636. The van der Waals surface area contributed by atoms with Gasteiger partial charge in [0.25, 0.3) is 0 Å². The number of benzene rings is 2. The smallest absolute Gasteiger partial charge is 0.242 e. The highest BCUT2D eigenvalue weighted by atomic mass is 35.5. The molecule has 122 valence electrons. The zero-order valence-electron chi connectivity index (χ0n) is 12.1. The highest BCUT2D eigenvalue weighted by Crippen LogP contribution is 2.24. The van der Waals surface area contributed by atoms with Crippen molar-refractivity contribution in [2.24, 2.45) is 0 Å². The van der Waals surface area contributed by atoms with Crippen LogP contribution in [0.25, 0.3) is 0 Å². The Labute approximate surface area is 144 Å². The maximum absolute atomic E-state index is 12.3. The average Bonchev–Trinajstić information content (AvgIpc) is 2.50. The van der Waals surface area contributed by atoms with Gasteiger partial charge in [0.15, 0.2) is 0 Å². The summed E-state index contributed by atoms with van der Waals surface area (Å²) in [4.78, 5) is 12.0. The monoisotopic (exact) mass is 372 g/mol. The predicted octanol–water partition coefficient (Wildman–Crippen LogP) is 3.30. The zero-order chi connectivity index (χ0) is 17.0. The summed E-state index contributed by atoms with van der Waals surface area (Å²) in [7, 11) is -3.89. The van der Waals surface area contributed by atoms with Gasteiger partial charge in [-0.15, -0.1) is 0 Å². The fraction of sp³-hybridized carbons (Fsp3) is 0.133. The summed E-state index contributed by atoms with van der Waals surface area (Å²) in [5.74, 6) is -0.472. The lowest BCUT2D eigenvalue weighted by molar-refractivity contribution is -0.117. The number of hydrogen-bond acceptors (Lipinski definition) is 3. The summed E-state index contributed by atoms with van der Waals surface area (Å²) in [5.41, 5.74) is 0.582. The molecule has 1 atom stereocenters. The molecule has 1 amide bonds. The Morgan fingerprint density at radius 1 is 1.04 bits per heavy atom. The molecular formula is C15H14Cl2N2O3S. The van der Waals surface area contributed by atoms with Gasteiger partial charge in [0.1, 0.15) is 0 Å². The van der Waals surface area contributed by atoms with E-state index in [1.807, 2.05) is 6.07 Å². The molecule has 5 nitrogen and oxygen atoms in total. The quantitative estimate of drug-likeness (QED) is 0.845. The van der Waals surface area contributed by atoms with Crippen LogP contribution in [0, 0.1) is 0 Å². The number of hydrogen-bond donors (Lipinski definition) is 2. The molecule has 0 aliphatic carbocycles. The molecule has 0 saturated carbocycles. The van der Waals surface area contributed by atoms with Crippen LogP contribution in [-0.2, 0) is 14.8 Å². The maximum atomic E-state index is 12.3. The fourth-order valence-electron chi connectivity index (χ4n) is 1.77. The summed E-state index contributed by atoms with van der Waals surface area (Å²) < 4.78 is 26.8. The summed E-state index contributed by atoms with van der Waals surface area (Å²) in [6.07, 6.45) is 0. The number of amides is 1. The minimum atomic E-state index is -3.89. The van der Waals surface area contributed by atoms with Crippen LogP contribution in [0.2, 0.25) is 10.0 Å². The first-order valence-electron chi connectivity index (χ1n) is 6.63. The van der Waals surface area contributed by atoms with E-state index in [0.29, 0.717) is 5.69 Å². The van der Waals surface area contributed by atoms with Gasteiger partial charge in [-0.05, 0) is 37.3 Å². The molecule has 0 aromatic heterocycles. The lowest BCUT2D eigenvalue weighted by Crippen LogP contribution is -2.41. The van der Waals surface area contributed by atoms with Crippen LogP contribution < -0.4 is 10.0 Å². The van der Waals surface area contributed by atoms with E-state index in [2.05, 4.69) is 10.0 Å². The largest absolute Gasteiger partial charge is 0.325 e. The second-order valence-electron chi connectivity index (χ2n) is 4.77. The molecule has 8 heteroatoms. The number of halogens is 2. The van der Waals surface area contributed by atoms with Crippen molar-refractivity contribution in [2.75, 3.05) is 5.32 Å². The van der Waals surface area contributed by atoms with Crippen LogP contribution in [0.5, 0.6) is 0 Å². The van der Waals surface area contributed by atoms with Gasteiger partial charge in [-0.2, -0.15) is 4.72 Å². The van der Waals surface area contributed by atoms with Crippen LogP contribution in [0.3, 0.4) is 0 Å². The molecule has 0 fully saturated rings. The van der Waals surface area contributed by atoms with Crippen LogP contribution in [-0.4, -0.2) is 20.4 Å². The topological polar surface area (TPSA) is 75.3 Å². The van der Waals surface area contributed by atoms with Gasteiger partial charge in [0.2, 0.25) is 15.9 Å². The van der Waals surface area contributed by atoms with Crippen molar-refractivity contribution in [3.63, 3.8) is 0 Å². The van der Waals surface area contributed by atoms with E-state index >= 15 is 0 Å². The van der Waals surface area contributed by atoms with Crippen molar-refractivity contribution in [2.45, 2.75) is 17.9 Å². The fourth-order valence-corrected chi connectivity index (χ4v) is 3.36. The van der Waals surface area contributed by atoms with E-state index in [9.17, 15) is 13.2 Å². The number of rotatable bonds is 5. The predicted molar refractivity (Wildman–Crippen MR) is 91.3 cm³/mol. The van der Waals surface area contributed by atoms with E-state index in [4.69, 9.17) is 23.2 Å². The minimum Gasteiger partial charge on any atom is -0.325 e. The number of sulfonamides is 1. The van der Waals surface area contributed by atoms with Crippen LogP contribution >= 0.6 is 23.2 Å². The normalized spacial score (nSPS) is 12.7. The third-order valence-electron chi connectivity index (χ3n) is 2.97. The third-order valence-corrected chi connectivity index (χ3v) is 5.25. The van der Waals surface area contributed by atoms with Gasteiger partial charge in [-0.1, -0.05) is 41.4 Å². The summed E-state index contributed by atoms with van der Waals surface area (Å²) >= 11 is 11.6. The summed E-state index contributed by atoms with van der Waals surface area (Å²) in [5, 5.41) is 2.99. The molecule has 0 radical (unpaired) electrons. The Kier molecular flexibility index (Phi) is 5.64. The SMILES string of the molecule is CC(NS(=O)(=O)c1ccc(Cl)c(Cl)c1)C(=O)Nc1ccccc1. The molecule has 2 aromatic carbocycles. The molecule has 0 heterocycles. The van der Waals surface area contributed by atoms with Crippen molar-refractivity contribution >= 4 is 44.8 Å². The molecule has 2 rings (SSSR count). The summed E-state index contributed by atoms with van der Waals surface area (Å²) in [6.45, 7) is 1.45. The van der Waals surface area contributed by atoms with Crippen LogP contribution in [0.15, 0.2) is 53.4 Å². The first kappa shape index (κ1) is 17.7. The zero-order valence-corrected chi connectivity index (χ0v) is 14.4. The van der Waals surface area contributed by atoms with E-state index < -0.39 is 22.0 Å². The Balaban J connectivity index is 2.10. The number of carbonyl (C=O) groups is 1. The van der Waals surface area contributed by atoms with Crippen molar-refractivity contribution in [1.29, 1.82) is 0 Å². The Bertz CT molecular complexity index is 811. The van der Waals surface area contributed by atoms with E-state index in [1.54, 1.807) is 24.3 Å². The molecule has 0 bridgehead atoms. The van der Waals surface area contributed by atoms with Gasteiger partial charge in [-0.25, -0.2) is 8.42 Å². The summed E-state index contributed by atoms with van der Waals surface area (Å²) in [6, 6.07) is 11.7. The number of anilines is 1. The maximum Gasteiger partial charge on any atom is 0.242 e. The molecule has 0 saturated heterocycles. The van der Waals surface area contributed by atoms with E-state index in [-0.39, 0.29) is 14.9 Å². The number of nitrogens with one attached hydrogen (secondary N) is 2. The lowest BCUT2D eigenvalue weighted by Gasteiger charge is -2.14. The van der Waals surface area contributed by atoms with E-state index in [0.717, 1.165) is 0 Å². The molecule has 0 aliphatic rings. The van der Waals surface area contributed by atoms with Crippen molar-refractivity contribution in [3.8, 4) is 0 Å². The first-order chi connectivity index (χ1) is 10.8. The van der Waals surface area contributed by atoms with Gasteiger partial charge in [0, 0.05) is 5.69 Å². The van der Waals surface area contributed by atoms with Crippen molar-refractivity contribution in [3.05, 3.63) is 58.6 Å². The molecule has 0 aliphatic heterocycles. The van der Waals surface area contributed by atoms with E-state index in [1.165, 1.54) is 25.1 Å². The van der Waals surface area contributed by atoms with Gasteiger partial charge >= 0.3 is 0 Å². The van der Waals surface area contributed by atoms with Crippen LogP contribution in [0.4, 0.5) is 5.69 Å². The van der Waals surface area contributed by atoms with Gasteiger partial charge < -0.3 is 5.32 Å². The van der Waals surface area contributed by atoms with Crippen molar-refractivity contribution < 1.29 is 13.2 Å². The number of para-hydroxylation sites is 1. The van der Waals surface area contributed by atoms with Gasteiger partial charge in [0.05, 0.1) is 21.0 Å². The second-order valence-corrected chi connectivity index (χ2v) is 7.30. The Morgan fingerprint density at radius 3 is 2.30 bits per heavy atom. The first-order valence-corrected chi connectivity index (χ1v) is 8.87. The van der Waals surface area contributed by atoms with Crippen LogP contribution in [0.1, 0.15) is 6.92 Å². The molecule has 0 spiro atoms. The highest BCUT2D eigenvalue weighted by Gasteiger charge is 2.22. The molecule has 2 aromatic rings. The molecule has 1 unspecified atom stereocenters. The second kappa shape index (κ2) is 7.31. The number of carbonyl (C=O) groups excluding carboxylic acids is 1. The molecule has 2 N–H and O–H groups in total. The Morgan fingerprint density at radius 2 is 1.70 bits per heavy atom. The molecule has 23 heavy (non-hydrogen) atoms. The molecular weight excluding hydrogens is 359 g/mol. The highest BCUT2D eigenvalue weighted by molar-refractivity contribution is 7.89. The Hall–Kier alpha value is -1.60.